The fourth-order valence-electron chi connectivity index (χ4n) is 2.61. The van der Waals surface area contributed by atoms with E-state index in [2.05, 4.69) is 26.1 Å². The van der Waals surface area contributed by atoms with E-state index in [1.54, 1.807) is 7.11 Å². The molecule has 3 heteroatoms. The third-order valence-corrected chi connectivity index (χ3v) is 3.84. The van der Waals surface area contributed by atoms with Gasteiger partial charge < -0.3 is 14.8 Å². The Labute approximate surface area is 106 Å². The Hall–Kier alpha value is -0.120. The molecule has 0 aromatic rings. The molecule has 3 nitrogen and oxygen atoms in total. The highest BCUT2D eigenvalue weighted by atomic mass is 16.5. The van der Waals surface area contributed by atoms with Crippen LogP contribution in [0.3, 0.4) is 0 Å². The van der Waals surface area contributed by atoms with E-state index in [9.17, 15) is 0 Å². The number of ether oxygens (including phenoxy) is 2. The maximum absolute atomic E-state index is 5.71. The Balaban J connectivity index is 2.51. The van der Waals surface area contributed by atoms with Crippen LogP contribution in [-0.4, -0.2) is 40.0 Å². The van der Waals surface area contributed by atoms with Crippen molar-refractivity contribution in [3.8, 4) is 0 Å². The topological polar surface area (TPSA) is 30.5 Å². The summed E-state index contributed by atoms with van der Waals surface area (Å²) in [6, 6.07) is 0. The summed E-state index contributed by atoms with van der Waals surface area (Å²) in [6.07, 6.45) is 2.43. The number of methoxy groups -OCH3 is 1. The Kier molecular flexibility index (Phi) is 6.45. The summed E-state index contributed by atoms with van der Waals surface area (Å²) in [6.45, 7) is 11.5. The van der Waals surface area contributed by atoms with Gasteiger partial charge in [0.1, 0.15) is 0 Å². The molecule has 1 N–H and O–H groups in total. The SMILES string of the molecule is COCC(C)C1(CNCC(C)C)CCCOC1. The zero-order valence-corrected chi connectivity index (χ0v) is 11.9. The predicted octanol–water partition coefficient (Wildman–Crippen LogP) is 2.31. The van der Waals surface area contributed by atoms with Crippen LogP contribution in [0.1, 0.15) is 33.6 Å². The van der Waals surface area contributed by atoms with Crippen LogP contribution in [-0.2, 0) is 9.47 Å². The first-order chi connectivity index (χ1) is 8.10. The lowest BCUT2D eigenvalue weighted by atomic mass is 9.72. The number of hydrogen-bond acceptors (Lipinski definition) is 3. The summed E-state index contributed by atoms with van der Waals surface area (Å²) in [4.78, 5) is 0. The third kappa shape index (κ3) is 4.57. The molecule has 1 aliphatic rings. The maximum Gasteiger partial charge on any atom is 0.0538 e. The van der Waals surface area contributed by atoms with Gasteiger partial charge in [-0.15, -0.1) is 0 Å². The predicted molar refractivity (Wildman–Crippen MR) is 71.2 cm³/mol. The maximum atomic E-state index is 5.71. The van der Waals surface area contributed by atoms with Gasteiger partial charge >= 0.3 is 0 Å². The molecule has 1 fully saturated rings. The second kappa shape index (κ2) is 7.34. The molecule has 2 unspecified atom stereocenters. The highest BCUT2D eigenvalue weighted by molar-refractivity contribution is 4.88. The Morgan fingerprint density at radius 3 is 2.65 bits per heavy atom. The Morgan fingerprint density at radius 1 is 1.35 bits per heavy atom. The van der Waals surface area contributed by atoms with Crippen LogP contribution < -0.4 is 5.32 Å². The molecule has 1 heterocycles. The summed E-state index contributed by atoms with van der Waals surface area (Å²) in [5.41, 5.74) is 0.267. The molecule has 0 spiro atoms. The fourth-order valence-corrected chi connectivity index (χ4v) is 2.61. The monoisotopic (exact) mass is 243 g/mol. The van der Waals surface area contributed by atoms with Crippen LogP contribution in [0.15, 0.2) is 0 Å². The molecule has 0 bridgehead atoms. The zero-order chi connectivity index (χ0) is 12.7. The van der Waals surface area contributed by atoms with Gasteiger partial charge in [0.25, 0.3) is 0 Å². The van der Waals surface area contributed by atoms with Gasteiger partial charge in [-0.25, -0.2) is 0 Å². The molecule has 2 atom stereocenters. The van der Waals surface area contributed by atoms with Gasteiger partial charge in [-0.1, -0.05) is 20.8 Å². The Morgan fingerprint density at radius 2 is 2.12 bits per heavy atom. The second-order valence-corrected chi connectivity index (χ2v) is 5.90. The van der Waals surface area contributed by atoms with Crippen LogP contribution >= 0.6 is 0 Å². The van der Waals surface area contributed by atoms with Gasteiger partial charge in [0.15, 0.2) is 0 Å². The molecule has 1 saturated heterocycles. The standard InChI is InChI=1S/C14H29NO2/c1-12(2)8-15-10-14(13(3)9-16-4)6-5-7-17-11-14/h12-13,15H,5-11H2,1-4H3. The van der Waals surface area contributed by atoms with Crippen LogP contribution in [0.4, 0.5) is 0 Å². The molecule has 0 amide bonds. The van der Waals surface area contributed by atoms with E-state index >= 15 is 0 Å². The van der Waals surface area contributed by atoms with Crippen LogP contribution in [0, 0.1) is 17.3 Å². The van der Waals surface area contributed by atoms with E-state index in [1.165, 1.54) is 12.8 Å². The summed E-state index contributed by atoms with van der Waals surface area (Å²) in [5, 5.41) is 3.60. The molecule has 0 saturated carbocycles. The lowest BCUT2D eigenvalue weighted by molar-refractivity contribution is -0.0548. The van der Waals surface area contributed by atoms with Gasteiger partial charge in [-0.2, -0.15) is 0 Å². The van der Waals surface area contributed by atoms with Crippen molar-refractivity contribution in [3.63, 3.8) is 0 Å². The summed E-state index contributed by atoms with van der Waals surface area (Å²) in [5.74, 6) is 1.25. The molecule has 1 rings (SSSR count). The second-order valence-electron chi connectivity index (χ2n) is 5.90. The van der Waals surface area contributed by atoms with Crippen molar-refractivity contribution < 1.29 is 9.47 Å². The largest absolute Gasteiger partial charge is 0.384 e. The molecule has 0 aliphatic carbocycles. The minimum absolute atomic E-state index is 0.267. The summed E-state index contributed by atoms with van der Waals surface area (Å²) in [7, 11) is 1.79. The number of rotatable bonds is 7. The van der Waals surface area contributed by atoms with Crippen molar-refractivity contribution in [2.45, 2.75) is 33.6 Å². The highest BCUT2D eigenvalue weighted by Crippen LogP contribution is 2.36. The van der Waals surface area contributed by atoms with Gasteiger partial charge in [0, 0.05) is 32.3 Å². The average molecular weight is 243 g/mol. The van der Waals surface area contributed by atoms with Gasteiger partial charge in [0.2, 0.25) is 0 Å². The first-order valence-corrected chi connectivity index (χ1v) is 6.88. The lowest BCUT2D eigenvalue weighted by Gasteiger charge is -2.42. The summed E-state index contributed by atoms with van der Waals surface area (Å²) >= 11 is 0. The van der Waals surface area contributed by atoms with Gasteiger partial charge in [0.05, 0.1) is 6.61 Å². The Bertz CT molecular complexity index is 200. The van der Waals surface area contributed by atoms with E-state index in [4.69, 9.17) is 9.47 Å². The van der Waals surface area contributed by atoms with Crippen molar-refractivity contribution >= 4 is 0 Å². The smallest absolute Gasteiger partial charge is 0.0538 e. The van der Waals surface area contributed by atoms with E-state index in [0.29, 0.717) is 11.8 Å². The minimum atomic E-state index is 0.267. The minimum Gasteiger partial charge on any atom is -0.384 e. The molecular weight excluding hydrogens is 214 g/mol. The molecule has 17 heavy (non-hydrogen) atoms. The lowest BCUT2D eigenvalue weighted by Crippen LogP contribution is -2.47. The molecular formula is C14H29NO2. The number of nitrogens with one attached hydrogen (secondary N) is 1. The fraction of sp³-hybridized carbons (Fsp3) is 1.00. The van der Waals surface area contributed by atoms with Crippen molar-refractivity contribution in [1.29, 1.82) is 0 Å². The quantitative estimate of drug-likeness (QED) is 0.744. The highest BCUT2D eigenvalue weighted by Gasteiger charge is 2.37. The van der Waals surface area contributed by atoms with Crippen molar-refractivity contribution in [1.82, 2.24) is 5.32 Å². The van der Waals surface area contributed by atoms with Crippen LogP contribution in [0.25, 0.3) is 0 Å². The van der Waals surface area contributed by atoms with Crippen LogP contribution in [0.2, 0.25) is 0 Å². The molecule has 102 valence electrons. The van der Waals surface area contributed by atoms with Gasteiger partial charge in [-0.3, -0.25) is 0 Å². The molecule has 0 aromatic carbocycles. The third-order valence-electron chi connectivity index (χ3n) is 3.84. The molecule has 0 radical (unpaired) electrons. The zero-order valence-electron chi connectivity index (χ0n) is 11.9. The van der Waals surface area contributed by atoms with Crippen LogP contribution in [0.5, 0.6) is 0 Å². The molecule has 0 aromatic heterocycles. The summed E-state index contributed by atoms with van der Waals surface area (Å²) < 4.78 is 11.0. The normalized spacial score (nSPS) is 27.4. The van der Waals surface area contributed by atoms with Crippen molar-refractivity contribution in [3.05, 3.63) is 0 Å². The first kappa shape index (κ1) is 14.9. The average Bonchev–Trinajstić information content (AvgIpc) is 2.30. The van der Waals surface area contributed by atoms with E-state index in [0.717, 1.165) is 32.9 Å². The van der Waals surface area contributed by atoms with Crippen molar-refractivity contribution in [2.75, 3.05) is 40.0 Å². The first-order valence-electron chi connectivity index (χ1n) is 6.88. The van der Waals surface area contributed by atoms with E-state index in [-0.39, 0.29) is 5.41 Å². The van der Waals surface area contributed by atoms with E-state index < -0.39 is 0 Å². The molecule has 1 aliphatic heterocycles. The number of hydrogen-bond donors (Lipinski definition) is 1. The van der Waals surface area contributed by atoms with E-state index in [1.807, 2.05) is 0 Å². The van der Waals surface area contributed by atoms with Crippen molar-refractivity contribution in [2.24, 2.45) is 17.3 Å². The van der Waals surface area contributed by atoms with Gasteiger partial charge in [-0.05, 0) is 31.2 Å².